The third-order valence-electron chi connectivity index (χ3n) is 5.28. The number of carbonyl (C=O) groups excluding carboxylic acids is 1. The predicted molar refractivity (Wildman–Crippen MR) is 130 cm³/mol. The van der Waals surface area contributed by atoms with E-state index in [0.717, 1.165) is 43.1 Å². The summed E-state index contributed by atoms with van der Waals surface area (Å²) in [5, 5.41) is 0.695. The minimum atomic E-state index is -0.131. The number of hydrogen-bond acceptors (Lipinski definition) is 8. The molecule has 1 aromatic heterocycles. The fourth-order valence-corrected chi connectivity index (χ4v) is 5.05. The Morgan fingerprint density at radius 1 is 1.22 bits per heavy atom. The first-order valence-corrected chi connectivity index (χ1v) is 12.5. The van der Waals surface area contributed by atoms with Gasteiger partial charge in [0, 0.05) is 31.1 Å². The third kappa shape index (κ3) is 5.53. The fraction of sp³-hybridized carbons (Fsp3) is 0.391. The van der Waals surface area contributed by atoms with Gasteiger partial charge in [-0.15, -0.1) is 11.8 Å². The van der Waals surface area contributed by atoms with Crippen LogP contribution in [0.2, 0.25) is 0 Å². The maximum Gasteiger partial charge on any atom is 0.266 e. The normalized spacial score (nSPS) is 14.4. The summed E-state index contributed by atoms with van der Waals surface area (Å²) in [6, 6.07) is 13.5. The van der Waals surface area contributed by atoms with E-state index >= 15 is 0 Å². The Kier molecular flexibility index (Phi) is 7.85. The van der Waals surface area contributed by atoms with Crippen LogP contribution < -0.4 is 14.4 Å². The van der Waals surface area contributed by atoms with E-state index in [1.165, 1.54) is 16.2 Å². The molecular weight excluding hydrogens is 446 g/mol. The van der Waals surface area contributed by atoms with E-state index in [0.29, 0.717) is 23.2 Å². The van der Waals surface area contributed by atoms with E-state index in [4.69, 9.17) is 19.2 Å². The molecular formula is C23H27N3O4S2. The zero-order chi connectivity index (χ0) is 22.3. The average Bonchev–Trinajstić information content (AvgIpc) is 3.26. The number of ether oxygens (including phenoxy) is 3. The molecule has 9 heteroatoms. The number of benzene rings is 2. The number of carbonyl (C=O) groups is 1. The van der Waals surface area contributed by atoms with Crippen LogP contribution in [0.4, 0.5) is 5.13 Å². The van der Waals surface area contributed by atoms with Gasteiger partial charge in [0.15, 0.2) is 23.2 Å². The number of rotatable bonds is 9. The van der Waals surface area contributed by atoms with E-state index < -0.39 is 0 Å². The van der Waals surface area contributed by atoms with Crippen molar-refractivity contribution in [2.24, 2.45) is 0 Å². The summed E-state index contributed by atoms with van der Waals surface area (Å²) in [6.07, 6.45) is 2.05. The van der Waals surface area contributed by atoms with E-state index in [1.54, 1.807) is 29.8 Å². The van der Waals surface area contributed by atoms with Crippen LogP contribution in [0.15, 0.2) is 47.4 Å². The molecule has 0 radical (unpaired) electrons. The van der Waals surface area contributed by atoms with Crippen molar-refractivity contribution < 1.29 is 19.0 Å². The van der Waals surface area contributed by atoms with Gasteiger partial charge in [-0.2, -0.15) is 0 Å². The first kappa shape index (κ1) is 22.8. The van der Waals surface area contributed by atoms with Gasteiger partial charge < -0.3 is 14.2 Å². The third-order valence-corrected chi connectivity index (χ3v) is 7.05. The van der Waals surface area contributed by atoms with E-state index in [1.807, 2.05) is 24.3 Å². The van der Waals surface area contributed by atoms with Gasteiger partial charge in [0.1, 0.15) is 0 Å². The summed E-state index contributed by atoms with van der Waals surface area (Å²) >= 11 is 3.23. The second kappa shape index (κ2) is 11.0. The standard InChI is InChI=1S/C23H27N3O4S2/c1-28-19-5-3-4-6-20(19)30-16-22(27)26(10-9-25-11-13-29-14-12-25)23-24-18-8-7-17(31-2)15-21(18)32-23/h3-8,15H,9-14,16H2,1-2H3. The number of amides is 1. The van der Waals surface area contributed by atoms with Crippen molar-refractivity contribution in [1.82, 2.24) is 9.88 Å². The Hall–Kier alpha value is -2.33. The Labute approximate surface area is 196 Å². The summed E-state index contributed by atoms with van der Waals surface area (Å²) in [5.41, 5.74) is 0.901. The molecule has 0 N–H and O–H groups in total. The zero-order valence-corrected chi connectivity index (χ0v) is 19.9. The Morgan fingerprint density at radius 2 is 2.00 bits per heavy atom. The van der Waals surface area contributed by atoms with Crippen LogP contribution in [0.3, 0.4) is 0 Å². The molecule has 1 fully saturated rings. The molecule has 170 valence electrons. The van der Waals surface area contributed by atoms with Gasteiger partial charge in [-0.3, -0.25) is 14.6 Å². The molecule has 1 aliphatic rings. The number of nitrogens with zero attached hydrogens (tertiary/aromatic N) is 3. The monoisotopic (exact) mass is 473 g/mol. The summed E-state index contributed by atoms with van der Waals surface area (Å²) < 4.78 is 17.7. The van der Waals surface area contributed by atoms with Gasteiger partial charge in [-0.05, 0) is 36.6 Å². The number of hydrogen-bond donors (Lipinski definition) is 0. The lowest BCUT2D eigenvalue weighted by Crippen LogP contribution is -2.44. The highest BCUT2D eigenvalue weighted by molar-refractivity contribution is 7.98. The second-order valence-corrected chi connectivity index (χ2v) is 9.16. The minimum absolute atomic E-state index is 0.0878. The molecule has 1 saturated heterocycles. The molecule has 3 aromatic rings. The molecule has 0 saturated carbocycles. The number of thioether (sulfide) groups is 1. The topological polar surface area (TPSA) is 64.1 Å². The van der Waals surface area contributed by atoms with Crippen molar-refractivity contribution in [2.75, 3.05) is 64.3 Å². The quantitative estimate of drug-likeness (QED) is 0.438. The first-order chi connectivity index (χ1) is 15.7. The van der Waals surface area contributed by atoms with Crippen LogP contribution in [-0.4, -0.2) is 75.2 Å². The summed E-state index contributed by atoms with van der Waals surface area (Å²) in [7, 11) is 1.59. The first-order valence-electron chi connectivity index (χ1n) is 10.5. The summed E-state index contributed by atoms with van der Waals surface area (Å²) in [4.78, 5) is 23.3. The summed E-state index contributed by atoms with van der Waals surface area (Å²) in [5.74, 6) is 1.02. The van der Waals surface area contributed by atoms with Crippen LogP contribution in [0.5, 0.6) is 11.5 Å². The lowest BCUT2D eigenvalue weighted by Gasteiger charge is -2.29. The number of thiazole rings is 1. The molecule has 0 atom stereocenters. The highest BCUT2D eigenvalue weighted by atomic mass is 32.2. The largest absolute Gasteiger partial charge is 0.493 e. The molecule has 2 heterocycles. The molecule has 4 rings (SSSR count). The van der Waals surface area contributed by atoms with Crippen LogP contribution in [0.1, 0.15) is 0 Å². The van der Waals surface area contributed by atoms with Gasteiger partial charge in [0.2, 0.25) is 0 Å². The zero-order valence-electron chi connectivity index (χ0n) is 18.3. The molecule has 0 spiro atoms. The average molecular weight is 474 g/mol. The lowest BCUT2D eigenvalue weighted by atomic mass is 10.3. The molecule has 1 aliphatic heterocycles. The van der Waals surface area contributed by atoms with Crippen LogP contribution in [0, 0.1) is 0 Å². The highest BCUT2D eigenvalue weighted by Gasteiger charge is 2.22. The van der Waals surface area contributed by atoms with E-state index in [2.05, 4.69) is 23.3 Å². The number of anilines is 1. The van der Waals surface area contributed by atoms with Crippen LogP contribution in [0.25, 0.3) is 10.2 Å². The van der Waals surface area contributed by atoms with Crippen molar-refractivity contribution >= 4 is 44.4 Å². The molecule has 1 amide bonds. The van der Waals surface area contributed by atoms with Crippen LogP contribution >= 0.6 is 23.1 Å². The van der Waals surface area contributed by atoms with Crippen molar-refractivity contribution in [1.29, 1.82) is 0 Å². The number of para-hydroxylation sites is 2. The SMILES string of the molecule is COc1ccccc1OCC(=O)N(CCN1CCOCC1)c1nc2ccc(SC)cc2s1. The smallest absolute Gasteiger partial charge is 0.266 e. The van der Waals surface area contributed by atoms with E-state index in [9.17, 15) is 4.79 Å². The van der Waals surface area contributed by atoms with Gasteiger partial charge in [0.25, 0.3) is 5.91 Å². The molecule has 0 unspecified atom stereocenters. The molecule has 32 heavy (non-hydrogen) atoms. The number of aromatic nitrogens is 1. The maximum atomic E-state index is 13.3. The predicted octanol–water partition coefficient (Wildman–Crippen LogP) is 3.77. The van der Waals surface area contributed by atoms with Crippen molar-refractivity contribution in [2.45, 2.75) is 4.90 Å². The van der Waals surface area contributed by atoms with Crippen molar-refractivity contribution in [3.05, 3.63) is 42.5 Å². The molecule has 0 aliphatic carbocycles. The lowest BCUT2D eigenvalue weighted by molar-refractivity contribution is -0.120. The summed E-state index contributed by atoms with van der Waals surface area (Å²) in [6.45, 7) is 4.41. The second-order valence-electron chi connectivity index (χ2n) is 7.27. The Bertz CT molecular complexity index is 1050. The van der Waals surface area contributed by atoms with Gasteiger partial charge in [-0.1, -0.05) is 23.5 Å². The molecule has 7 nitrogen and oxygen atoms in total. The van der Waals surface area contributed by atoms with E-state index in [-0.39, 0.29) is 12.5 Å². The minimum Gasteiger partial charge on any atom is -0.493 e. The number of morpholine rings is 1. The van der Waals surface area contributed by atoms with Gasteiger partial charge in [0.05, 0.1) is 30.5 Å². The molecule has 2 aromatic carbocycles. The van der Waals surface area contributed by atoms with Crippen molar-refractivity contribution in [3.63, 3.8) is 0 Å². The van der Waals surface area contributed by atoms with Gasteiger partial charge in [-0.25, -0.2) is 4.98 Å². The van der Waals surface area contributed by atoms with Crippen LogP contribution in [-0.2, 0) is 9.53 Å². The Morgan fingerprint density at radius 3 is 2.75 bits per heavy atom. The fourth-order valence-electron chi connectivity index (χ4n) is 3.48. The maximum absolute atomic E-state index is 13.3. The number of fused-ring (bicyclic) bond motifs is 1. The Balaban J connectivity index is 1.53. The van der Waals surface area contributed by atoms with Gasteiger partial charge >= 0.3 is 0 Å². The number of methoxy groups -OCH3 is 1. The van der Waals surface area contributed by atoms with Crippen molar-refractivity contribution in [3.8, 4) is 11.5 Å². The highest BCUT2D eigenvalue weighted by Crippen LogP contribution is 2.32. The molecule has 0 bridgehead atoms.